The summed E-state index contributed by atoms with van der Waals surface area (Å²) in [5.41, 5.74) is 5.00. The Morgan fingerprint density at radius 2 is 1.71 bits per heavy atom. The second kappa shape index (κ2) is 7.60. The Labute approximate surface area is 180 Å². The van der Waals surface area contributed by atoms with Crippen LogP contribution in [0.5, 0.6) is 0 Å². The van der Waals surface area contributed by atoms with Crippen molar-refractivity contribution in [2.45, 2.75) is 31.8 Å². The first-order chi connectivity index (χ1) is 14.8. The van der Waals surface area contributed by atoms with Gasteiger partial charge < -0.3 is 9.88 Å². The van der Waals surface area contributed by atoms with Crippen molar-refractivity contribution in [3.05, 3.63) is 59.3 Å². The van der Waals surface area contributed by atoms with Crippen molar-refractivity contribution in [2.24, 2.45) is 7.05 Å². The second-order valence-electron chi connectivity index (χ2n) is 8.57. The number of sulfone groups is 1. The average Bonchev–Trinajstić information content (AvgIpc) is 3.02. The highest BCUT2D eigenvalue weighted by Crippen LogP contribution is 2.34. The van der Waals surface area contributed by atoms with Crippen molar-refractivity contribution in [3.63, 3.8) is 0 Å². The van der Waals surface area contributed by atoms with E-state index in [1.165, 1.54) is 22.7 Å². The van der Waals surface area contributed by atoms with Gasteiger partial charge in [0.15, 0.2) is 11.6 Å². The van der Waals surface area contributed by atoms with E-state index in [4.69, 9.17) is 0 Å². The summed E-state index contributed by atoms with van der Waals surface area (Å²) in [6.45, 7) is 1.76. The largest absolute Gasteiger partial charge is 0.355 e. The SMILES string of the molecule is Cn1c2c(c3ccc(Nc4ccc(F)c(F)c4)cc31)CN(C1CCS(=O)(=O)CC1)CC2. The third-order valence-corrected chi connectivity index (χ3v) is 8.40. The molecule has 0 aliphatic carbocycles. The third-order valence-electron chi connectivity index (χ3n) is 6.68. The standard InChI is InChI=1S/C23H25F2N3O2S/c1-27-22-6-9-28(17-7-10-31(29,30)11-8-17)14-19(22)18-4-2-16(13-23(18)27)26-15-3-5-20(24)21(25)12-15/h2-5,12-13,17,26H,6-11,14H2,1H3. The van der Waals surface area contributed by atoms with Crippen LogP contribution >= 0.6 is 0 Å². The first kappa shape index (κ1) is 20.5. The van der Waals surface area contributed by atoms with Gasteiger partial charge in [0.1, 0.15) is 9.84 Å². The van der Waals surface area contributed by atoms with Crippen LogP contribution in [0.4, 0.5) is 20.2 Å². The Bertz CT molecular complexity index is 1260. The van der Waals surface area contributed by atoms with Gasteiger partial charge in [-0.25, -0.2) is 17.2 Å². The molecular formula is C23H25F2N3O2S. The number of benzene rings is 2. The molecule has 0 saturated carbocycles. The smallest absolute Gasteiger partial charge is 0.160 e. The number of rotatable bonds is 3. The van der Waals surface area contributed by atoms with Crippen molar-refractivity contribution < 1.29 is 17.2 Å². The van der Waals surface area contributed by atoms with Crippen molar-refractivity contribution in [1.29, 1.82) is 0 Å². The van der Waals surface area contributed by atoms with Crippen LogP contribution in [0.25, 0.3) is 10.9 Å². The van der Waals surface area contributed by atoms with Crippen LogP contribution in [0.1, 0.15) is 24.1 Å². The molecule has 8 heteroatoms. The number of aryl methyl sites for hydroxylation is 1. The molecule has 1 fully saturated rings. The predicted molar refractivity (Wildman–Crippen MR) is 118 cm³/mol. The van der Waals surface area contributed by atoms with Gasteiger partial charge in [0.05, 0.1) is 17.0 Å². The molecule has 5 nitrogen and oxygen atoms in total. The van der Waals surface area contributed by atoms with Gasteiger partial charge in [-0.15, -0.1) is 0 Å². The van der Waals surface area contributed by atoms with Gasteiger partial charge >= 0.3 is 0 Å². The fourth-order valence-corrected chi connectivity index (χ4v) is 6.43. The summed E-state index contributed by atoms with van der Waals surface area (Å²) in [4.78, 5) is 2.43. The van der Waals surface area contributed by atoms with Crippen molar-refractivity contribution in [1.82, 2.24) is 9.47 Å². The Hall–Kier alpha value is -2.45. The molecule has 3 heterocycles. The van der Waals surface area contributed by atoms with Crippen LogP contribution in [-0.4, -0.2) is 42.0 Å². The quantitative estimate of drug-likeness (QED) is 0.659. The fraction of sp³-hybridized carbons (Fsp3) is 0.391. The lowest BCUT2D eigenvalue weighted by atomic mass is 10.0. The molecule has 0 atom stereocenters. The molecule has 2 aliphatic rings. The molecule has 0 unspecified atom stereocenters. The van der Waals surface area contributed by atoms with E-state index in [2.05, 4.69) is 27.9 Å². The molecule has 1 saturated heterocycles. The van der Waals surface area contributed by atoms with Crippen LogP contribution in [0, 0.1) is 11.6 Å². The first-order valence-electron chi connectivity index (χ1n) is 10.6. The lowest BCUT2D eigenvalue weighted by Crippen LogP contribution is -2.43. The number of aromatic nitrogens is 1. The zero-order valence-corrected chi connectivity index (χ0v) is 18.2. The molecule has 0 radical (unpaired) electrons. The van der Waals surface area contributed by atoms with Crippen LogP contribution in [-0.2, 0) is 29.9 Å². The van der Waals surface area contributed by atoms with E-state index in [1.807, 2.05) is 12.1 Å². The van der Waals surface area contributed by atoms with E-state index >= 15 is 0 Å². The highest BCUT2D eigenvalue weighted by Gasteiger charge is 2.31. The summed E-state index contributed by atoms with van der Waals surface area (Å²) in [6.07, 6.45) is 2.35. The Morgan fingerprint density at radius 1 is 1.00 bits per heavy atom. The second-order valence-corrected chi connectivity index (χ2v) is 10.9. The Kier molecular flexibility index (Phi) is 5.01. The summed E-state index contributed by atoms with van der Waals surface area (Å²) in [7, 11) is -0.802. The number of halogens is 2. The molecule has 5 rings (SSSR count). The summed E-state index contributed by atoms with van der Waals surface area (Å²) >= 11 is 0. The van der Waals surface area contributed by atoms with Crippen molar-refractivity contribution >= 4 is 32.1 Å². The van der Waals surface area contributed by atoms with E-state index in [9.17, 15) is 17.2 Å². The monoisotopic (exact) mass is 445 g/mol. The minimum absolute atomic E-state index is 0.287. The predicted octanol–water partition coefficient (Wildman–Crippen LogP) is 4.14. The minimum atomic E-state index is -2.86. The number of hydrogen-bond acceptors (Lipinski definition) is 4. The molecule has 0 bridgehead atoms. The van der Waals surface area contributed by atoms with Crippen molar-refractivity contribution in [3.8, 4) is 0 Å². The fourth-order valence-electron chi connectivity index (χ4n) is 4.97. The van der Waals surface area contributed by atoms with Gasteiger partial charge in [0.25, 0.3) is 0 Å². The van der Waals surface area contributed by atoms with Crippen molar-refractivity contribution in [2.75, 3.05) is 23.4 Å². The van der Waals surface area contributed by atoms with Gasteiger partial charge in [-0.3, -0.25) is 4.90 Å². The number of fused-ring (bicyclic) bond motifs is 3. The van der Waals surface area contributed by atoms with Gasteiger partial charge in [-0.05, 0) is 42.7 Å². The zero-order valence-electron chi connectivity index (χ0n) is 17.4. The molecule has 1 N–H and O–H groups in total. The van der Waals surface area contributed by atoms with E-state index in [0.29, 0.717) is 24.6 Å². The molecule has 2 aliphatic heterocycles. The van der Waals surface area contributed by atoms with Gasteiger partial charge in [-0.1, -0.05) is 6.07 Å². The summed E-state index contributed by atoms with van der Waals surface area (Å²) < 4.78 is 52.5. The van der Waals surface area contributed by atoms with Crippen LogP contribution in [0.3, 0.4) is 0 Å². The molecule has 0 amide bonds. The van der Waals surface area contributed by atoms with E-state index in [-0.39, 0.29) is 11.5 Å². The lowest BCUT2D eigenvalue weighted by molar-refractivity contribution is 0.166. The molecule has 164 valence electrons. The topological polar surface area (TPSA) is 54.3 Å². The highest BCUT2D eigenvalue weighted by atomic mass is 32.2. The Balaban J connectivity index is 1.41. The summed E-state index contributed by atoms with van der Waals surface area (Å²) in [5, 5.41) is 4.33. The highest BCUT2D eigenvalue weighted by molar-refractivity contribution is 7.91. The lowest BCUT2D eigenvalue weighted by Gasteiger charge is -2.37. The summed E-state index contributed by atoms with van der Waals surface area (Å²) in [6, 6.07) is 10.2. The number of hydrogen-bond donors (Lipinski definition) is 1. The molecular weight excluding hydrogens is 420 g/mol. The molecule has 1 aromatic heterocycles. The maximum atomic E-state index is 13.5. The maximum Gasteiger partial charge on any atom is 0.160 e. The number of nitrogens with one attached hydrogen (secondary N) is 1. The van der Waals surface area contributed by atoms with E-state index < -0.39 is 21.5 Å². The normalized spacial score (nSPS) is 19.5. The Morgan fingerprint density at radius 3 is 2.45 bits per heavy atom. The zero-order chi connectivity index (χ0) is 21.8. The first-order valence-corrected chi connectivity index (χ1v) is 12.4. The average molecular weight is 446 g/mol. The van der Waals surface area contributed by atoms with Crippen LogP contribution in [0.2, 0.25) is 0 Å². The van der Waals surface area contributed by atoms with Crippen LogP contribution in [0.15, 0.2) is 36.4 Å². The van der Waals surface area contributed by atoms with Gasteiger partial charge in [0.2, 0.25) is 0 Å². The molecule has 31 heavy (non-hydrogen) atoms. The van der Waals surface area contributed by atoms with E-state index in [1.54, 1.807) is 0 Å². The van der Waals surface area contributed by atoms with Crippen LogP contribution < -0.4 is 5.32 Å². The number of anilines is 2. The number of nitrogens with zero attached hydrogens (tertiary/aromatic N) is 2. The molecule has 0 spiro atoms. The third kappa shape index (κ3) is 3.83. The maximum absolute atomic E-state index is 13.5. The minimum Gasteiger partial charge on any atom is -0.355 e. The summed E-state index contributed by atoms with van der Waals surface area (Å²) in [5.74, 6) is -1.17. The van der Waals surface area contributed by atoms with Gasteiger partial charge in [0, 0.05) is 61.1 Å². The van der Waals surface area contributed by atoms with Gasteiger partial charge in [-0.2, -0.15) is 0 Å². The van der Waals surface area contributed by atoms with E-state index in [0.717, 1.165) is 42.8 Å². The molecule has 3 aromatic rings. The molecule has 2 aromatic carbocycles.